The van der Waals surface area contributed by atoms with Gasteiger partial charge in [-0.3, -0.25) is 4.79 Å². The van der Waals surface area contributed by atoms with Gasteiger partial charge in [0.2, 0.25) is 5.91 Å². The van der Waals surface area contributed by atoms with E-state index >= 15 is 0 Å². The zero-order chi connectivity index (χ0) is 16.5. The van der Waals surface area contributed by atoms with Crippen molar-refractivity contribution in [3.63, 3.8) is 0 Å². The Morgan fingerprint density at radius 1 is 1.04 bits per heavy atom. The van der Waals surface area contributed by atoms with Gasteiger partial charge in [-0.2, -0.15) is 0 Å². The number of carbonyl (C=O) groups excluding carboxylic acids is 1. The Morgan fingerprint density at radius 2 is 1.78 bits per heavy atom. The van der Waals surface area contributed by atoms with Gasteiger partial charge in [-0.25, -0.2) is 0 Å². The fourth-order valence-corrected chi connectivity index (χ4v) is 3.36. The number of halogens is 2. The Hall–Kier alpha value is -1.16. The molecule has 2 rings (SSSR count). The van der Waals surface area contributed by atoms with E-state index in [4.69, 9.17) is 23.2 Å². The molecule has 1 amide bonds. The lowest BCUT2D eigenvalue weighted by molar-refractivity contribution is -0.118. The van der Waals surface area contributed by atoms with Crippen LogP contribution in [0.4, 0.5) is 0 Å². The van der Waals surface area contributed by atoms with Crippen molar-refractivity contribution < 1.29 is 4.79 Å². The van der Waals surface area contributed by atoms with Crippen molar-refractivity contribution >= 4 is 40.9 Å². The van der Waals surface area contributed by atoms with Crippen LogP contribution >= 0.6 is 35.0 Å². The number of nitrogens with one attached hydrogen (secondary N) is 1. The van der Waals surface area contributed by atoms with Crippen molar-refractivity contribution in [1.29, 1.82) is 0 Å². The summed E-state index contributed by atoms with van der Waals surface area (Å²) in [5.74, 6) is 1.27. The molecule has 0 heterocycles. The molecule has 0 aliphatic carbocycles. The minimum Gasteiger partial charge on any atom is -0.355 e. The molecule has 122 valence electrons. The first kappa shape index (κ1) is 18.2. The molecule has 2 aromatic rings. The summed E-state index contributed by atoms with van der Waals surface area (Å²) in [6, 6.07) is 15.5. The second-order valence-electron chi connectivity index (χ2n) is 5.16. The van der Waals surface area contributed by atoms with Gasteiger partial charge in [-0.1, -0.05) is 53.5 Å². The first-order valence-electron chi connectivity index (χ1n) is 7.47. The lowest BCUT2D eigenvalue weighted by atomic mass is 10.1. The van der Waals surface area contributed by atoms with Crippen LogP contribution in [-0.4, -0.2) is 18.2 Å². The van der Waals surface area contributed by atoms with Crippen molar-refractivity contribution in [2.24, 2.45) is 0 Å². The highest BCUT2D eigenvalue weighted by atomic mass is 35.5. The third-order valence-electron chi connectivity index (χ3n) is 3.33. The number of amides is 1. The fourth-order valence-electron chi connectivity index (χ4n) is 2.09. The molecular formula is C18H19Cl2NOS. The minimum atomic E-state index is 0.0677. The summed E-state index contributed by atoms with van der Waals surface area (Å²) in [4.78, 5) is 11.8. The SMILES string of the molecule is O=C(CSCc1ccccc1Cl)NCCCc1ccc(Cl)cc1. The summed E-state index contributed by atoms with van der Waals surface area (Å²) in [5, 5.41) is 4.45. The topological polar surface area (TPSA) is 29.1 Å². The van der Waals surface area contributed by atoms with E-state index in [1.165, 1.54) is 5.56 Å². The molecule has 2 aromatic carbocycles. The molecule has 0 atom stereocenters. The van der Waals surface area contributed by atoms with Gasteiger partial charge < -0.3 is 5.32 Å². The van der Waals surface area contributed by atoms with E-state index in [1.54, 1.807) is 11.8 Å². The average molecular weight is 368 g/mol. The minimum absolute atomic E-state index is 0.0677. The van der Waals surface area contributed by atoms with Crippen LogP contribution < -0.4 is 5.32 Å². The van der Waals surface area contributed by atoms with Crippen LogP contribution in [0.1, 0.15) is 17.5 Å². The number of carbonyl (C=O) groups is 1. The Bertz CT molecular complexity index is 631. The van der Waals surface area contributed by atoms with Crippen LogP contribution in [0.3, 0.4) is 0 Å². The Balaban J connectivity index is 1.58. The molecule has 0 spiro atoms. The van der Waals surface area contributed by atoms with Crippen molar-refractivity contribution in [3.8, 4) is 0 Å². The Morgan fingerprint density at radius 3 is 2.52 bits per heavy atom. The van der Waals surface area contributed by atoms with Gasteiger partial charge in [-0.15, -0.1) is 11.8 Å². The summed E-state index contributed by atoms with van der Waals surface area (Å²) >= 11 is 13.5. The van der Waals surface area contributed by atoms with Gasteiger partial charge in [0.05, 0.1) is 5.75 Å². The molecule has 2 nitrogen and oxygen atoms in total. The van der Waals surface area contributed by atoms with Crippen molar-refractivity contribution in [2.45, 2.75) is 18.6 Å². The first-order chi connectivity index (χ1) is 11.1. The second-order valence-corrected chi connectivity index (χ2v) is 6.99. The van der Waals surface area contributed by atoms with E-state index in [9.17, 15) is 4.79 Å². The summed E-state index contributed by atoms with van der Waals surface area (Å²) < 4.78 is 0. The number of thioether (sulfide) groups is 1. The zero-order valence-corrected chi connectivity index (χ0v) is 15.1. The molecule has 1 N–H and O–H groups in total. The number of hydrogen-bond acceptors (Lipinski definition) is 2. The molecule has 0 aromatic heterocycles. The van der Waals surface area contributed by atoms with Crippen LogP contribution in [0.25, 0.3) is 0 Å². The van der Waals surface area contributed by atoms with E-state index in [-0.39, 0.29) is 5.91 Å². The van der Waals surface area contributed by atoms with Crippen LogP contribution in [0.2, 0.25) is 10.0 Å². The van der Waals surface area contributed by atoms with Crippen molar-refractivity contribution in [3.05, 3.63) is 69.7 Å². The number of benzene rings is 2. The Labute approximate surface area is 151 Å². The first-order valence-corrected chi connectivity index (χ1v) is 9.38. The highest BCUT2D eigenvalue weighted by Crippen LogP contribution is 2.20. The fraction of sp³-hybridized carbons (Fsp3) is 0.278. The monoisotopic (exact) mass is 367 g/mol. The van der Waals surface area contributed by atoms with Gasteiger partial charge in [0, 0.05) is 22.3 Å². The predicted octanol–water partition coefficient (Wildman–Crippen LogP) is 4.98. The molecule has 0 aliphatic rings. The van der Waals surface area contributed by atoms with E-state index in [2.05, 4.69) is 5.32 Å². The largest absolute Gasteiger partial charge is 0.355 e. The van der Waals surface area contributed by atoms with E-state index < -0.39 is 0 Å². The summed E-state index contributed by atoms with van der Waals surface area (Å²) in [6.07, 6.45) is 1.85. The summed E-state index contributed by atoms with van der Waals surface area (Å²) in [7, 11) is 0. The average Bonchev–Trinajstić information content (AvgIpc) is 2.55. The number of aryl methyl sites for hydroxylation is 1. The van der Waals surface area contributed by atoms with Crippen LogP contribution in [0.5, 0.6) is 0 Å². The third kappa shape index (κ3) is 6.86. The zero-order valence-electron chi connectivity index (χ0n) is 12.7. The molecule has 0 bridgehead atoms. The smallest absolute Gasteiger partial charge is 0.230 e. The van der Waals surface area contributed by atoms with Crippen LogP contribution in [-0.2, 0) is 17.0 Å². The van der Waals surface area contributed by atoms with Gasteiger partial charge in [0.25, 0.3) is 0 Å². The number of rotatable bonds is 8. The standard InChI is InChI=1S/C18H19Cl2NOS/c19-16-9-7-14(8-10-16)4-3-11-21-18(22)13-23-12-15-5-1-2-6-17(15)20/h1-2,5-10H,3-4,11-13H2,(H,21,22). The lowest BCUT2D eigenvalue weighted by Crippen LogP contribution is -2.26. The van der Waals surface area contributed by atoms with E-state index in [0.29, 0.717) is 12.3 Å². The maximum Gasteiger partial charge on any atom is 0.230 e. The van der Waals surface area contributed by atoms with E-state index in [0.717, 1.165) is 34.2 Å². The van der Waals surface area contributed by atoms with Gasteiger partial charge >= 0.3 is 0 Å². The van der Waals surface area contributed by atoms with Crippen LogP contribution in [0.15, 0.2) is 48.5 Å². The molecule has 0 saturated heterocycles. The molecule has 0 fully saturated rings. The molecule has 5 heteroatoms. The normalized spacial score (nSPS) is 10.5. The van der Waals surface area contributed by atoms with Gasteiger partial charge in [0.15, 0.2) is 0 Å². The van der Waals surface area contributed by atoms with E-state index in [1.807, 2.05) is 48.5 Å². The molecule has 0 radical (unpaired) electrons. The molecular weight excluding hydrogens is 349 g/mol. The highest BCUT2D eigenvalue weighted by Gasteiger charge is 2.03. The quantitative estimate of drug-likeness (QED) is 0.666. The van der Waals surface area contributed by atoms with Gasteiger partial charge in [0.1, 0.15) is 0 Å². The highest BCUT2D eigenvalue weighted by molar-refractivity contribution is 7.99. The molecule has 0 aliphatic heterocycles. The number of hydrogen-bond donors (Lipinski definition) is 1. The Kier molecular flexibility index (Phi) is 7.80. The van der Waals surface area contributed by atoms with Crippen molar-refractivity contribution in [1.82, 2.24) is 5.32 Å². The summed E-state index contributed by atoms with van der Waals surface area (Å²) in [5.41, 5.74) is 2.30. The molecule has 23 heavy (non-hydrogen) atoms. The predicted molar refractivity (Wildman–Crippen MR) is 100 cm³/mol. The maximum atomic E-state index is 11.8. The van der Waals surface area contributed by atoms with Crippen molar-refractivity contribution in [2.75, 3.05) is 12.3 Å². The third-order valence-corrected chi connectivity index (χ3v) is 4.93. The maximum absolute atomic E-state index is 11.8. The second kappa shape index (κ2) is 9.86. The molecule has 0 saturated carbocycles. The summed E-state index contributed by atoms with van der Waals surface area (Å²) in [6.45, 7) is 0.689. The molecule has 0 unspecified atom stereocenters. The lowest BCUT2D eigenvalue weighted by Gasteiger charge is -2.06. The van der Waals surface area contributed by atoms with Gasteiger partial charge in [-0.05, 0) is 42.2 Å². The van der Waals surface area contributed by atoms with Crippen LogP contribution in [0, 0.1) is 0 Å².